The predicted octanol–water partition coefficient (Wildman–Crippen LogP) is 2.43. The Morgan fingerprint density at radius 2 is 2.23 bits per heavy atom. The molecule has 0 saturated heterocycles. The molecule has 0 aliphatic carbocycles. The van der Waals surface area contributed by atoms with Gasteiger partial charge in [-0.25, -0.2) is 4.39 Å². The van der Waals surface area contributed by atoms with Crippen LogP contribution in [0.2, 0.25) is 0 Å². The van der Waals surface area contributed by atoms with Crippen molar-refractivity contribution in [2.24, 2.45) is 0 Å². The summed E-state index contributed by atoms with van der Waals surface area (Å²) in [6.45, 7) is 1.74. The molecule has 0 heterocycles. The van der Waals surface area contributed by atoms with Crippen molar-refractivity contribution in [1.82, 2.24) is 0 Å². The quantitative estimate of drug-likeness (QED) is 0.671. The summed E-state index contributed by atoms with van der Waals surface area (Å²) in [6.07, 6.45) is 0.381. The highest BCUT2D eigenvalue weighted by atomic mass is 19.1. The summed E-state index contributed by atoms with van der Waals surface area (Å²) in [7, 11) is 1.39. The first-order chi connectivity index (χ1) is 6.19. The molecule has 0 fully saturated rings. The highest BCUT2D eigenvalue weighted by Gasteiger charge is 2.07. The lowest BCUT2D eigenvalue weighted by Gasteiger charge is -2.02. The first-order valence-corrected chi connectivity index (χ1v) is 4.05. The van der Waals surface area contributed by atoms with Gasteiger partial charge in [-0.1, -0.05) is 6.92 Å². The van der Waals surface area contributed by atoms with Gasteiger partial charge in [-0.2, -0.15) is 0 Å². The van der Waals surface area contributed by atoms with Crippen molar-refractivity contribution in [2.75, 3.05) is 7.11 Å². The minimum atomic E-state index is -0.498. The minimum Gasteiger partial charge on any atom is -0.494 e. The van der Waals surface area contributed by atoms with Crippen molar-refractivity contribution in [3.8, 4) is 5.75 Å². The molecule has 0 saturated carbocycles. The van der Waals surface area contributed by atoms with Gasteiger partial charge in [-0.15, -0.1) is 0 Å². The Morgan fingerprint density at radius 3 is 2.69 bits per heavy atom. The van der Waals surface area contributed by atoms with E-state index in [4.69, 9.17) is 4.74 Å². The van der Waals surface area contributed by atoms with E-state index in [-0.39, 0.29) is 11.5 Å². The maximum Gasteiger partial charge on any atom is 0.165 e. The standard InChI is InChI=1S/C10H11FO2/c1-3-9(12)7-4-5-10(13-2)8(11)6-7/h4-6H,3H2,1-2H3. The lowest BCUT2D eigenvalue weighted by molar-refractivity contribution is 0.0987. The van der Waals surface area contributed by atoms with Crippen LogP contribution in [-0.4, -0.2) is 12.9 Å². The molecule has 0 amide bonds. The molecule has 0 radical (unpaired) electrons. The summed E-state index contributed by atoms with van der Waals surface area (Å²) in [5.74, 6) is -0.406. The van der Waals surface area contributed by atoms with Gasteiger partial charge in [0.2, 0.25) is 0 Å². The molecule has 2 nitrogen and oxygen atoms in total. The number of carbonyl (C=O) groups excluding carboxylic acids is 1. The molecule has 0 unspecified atom stereocenters. The van der Waals surface area contributed by atoms with E-state index in [1.807, 2.05) is 0 Å². The topological polar surface area (TPSA) is 26.3 Å². The number of rotatable bonds is 3. The monoisotopic (exact) mass is 182 g/mol. The Balaban J connectivity index is 3.02. The summed E-state index contributed by atoms with van der Waals surface area (Å²) < 4.78 is 17.8. The Labute approximate surface area is 76.3 Å². The Kier molecular flexibility index (Phi) is 3.01. The molecule has 1 aromatic rings. The van der Waals surface area contributed by atoms with E-state index in [0.717, 1.165) is 0 Å². The molecule has 1 aromatic carbocycles. The van der Waals surface area contributed by atoms with Crippen molar-refractivity contribution < 1.29 is 13.9 Å². The van der Waals surface area contributed by atoms with Crippen LogP contribution in [0.15, 0.2) is 18.2 Å². The van der Waals surface area contributed by atoms with Crippen LogP contribution in [0, 0.1) is 5.82 Å². The zero-order valence-corrected chi connectivity index (χ0v) is 7.63. The first kappa shape index (κ1) is 9.71. The molecule has 70 valence electrons. The number of hydrogen-bond donors (Lipinski definition) is 0. The van der Waals surface area contributed by atoms with E-state index >= 15 is 0 Å². The fraction of sp³-hybridized carbons (Fsp3) is 0.300. The molecule has 0 N–H and O–H groups in total. The summed E-state index contributed by atoms with van der Waals surface area (Å²) in [4.78, 5) is 11.2. The van der Waals surface area contributed by atoms with Crippen LogP contribution in [0.3, 0.4) is 0 Å². The summed E-state index contributed by atoms with van der Waals surface area (Å²) >= 11 is 0. The van der Waals surface area contributed by atoms with Crippen molar-refractivity contribution in [3.63, 3.8) is 0 Å². The third kappa shape index (κ3) is 2.05. The van der Waals surface area contributed by atoms with Crippen molar-refractivity contribution in [2.45, 2.75) is 13.3 Å². The van der Waals surface area contributed by atoms with Crippen LogP contribution in [0.25, 0.3) is 0 Å². The Hall–Kier alpha value is -1.38. The van der Waals surface area contributed by atoms with Crippen molar-refractivity contribution >= 4 is 5.78 Å². The average molecular weight is 182 g/mol. The number of carbonyl (C=O) groups is 1. The van der Waals surface area contributed by atoms with Gasteiger partial charge in [0.15, 0.2) is 17.3 Å². The molecule has 0 aromatic heterocycles. The average Bonchev–Trinajstić information content (AvgIpc) is 2.16. The third-order valence-electron chi connectivity index (χ3n) is 1.79. The van der Waals surface area contributed by atoms with E-state index in [0.29, 0.717) is 12.0 Å². The molecule has 0 bridgehead atoms. The van der Waals surface area contributed by atoms with Crippen LogP contribution >= 0.6 is 0 Å². The molecular weight excluding hydrogens is 171 g/mol. The summed E-state index contributed by atoms with van der Waals surface area (Å²) in [6, 6.07) is 4.22. The number of Topliss-reactive ketones (excluding diaryl/α,β-unsaturated/α-hetero) is 1. The molecule has 13 heavy (non-hydrogen) atoms. The van der Waals surface area contributed by atoms with E-state index in [2.05, 4.69) is 0 Å². The predicted molar refractivity (Wildman–Crippen MR) is 47.6 cm³/mol. The van der Waals surface area contributed by atoms with E-state index < -0.39 is 5.82 Å². The minimum absolute atomic E-state index is 0.0680. The highest BCUT2D eigenvalue weighted by molar-refractivity contribution is 5.95. The third-order valence-corrected chi connectivity index (χ3v) is 1.79. The zero-order chi connectivity index (χ0) is 9.84. The van der Waals surface area contributed by atoms with Gasteiger partial charge in [0, 0.05) is 12.0 Å². The molecule has 0 atom stereocenters. The van der Waals surface area contributed by atoms with Gasteiger partial charge in [0.05, 0.1) is 7.11 Å². The van der Waals surface area contributed by atoms with Crippen LogP contribution < -0.4 is 4.74 Å². The highest BCUT2D eigenvalue weighted by Crippen LogP contribution is 2.18. The number of methoxy groups -OCH3 is 1. The van der Waals surface area contributed by atoms with E-state index in [1.54, 1.807) is 13.0 Å². The number of benzene rings is 1. The maximum atomic E-state index is 13.1. The second kappa shape index (κ2) is 4.03. The van der Waals surface area contributed by atoms with E-state index in [1.165, 1.54) is 19.2 Å². The first-order valence-electron chi connectivity index (χ1n) is 4.05. The van der Waals surface area contributed by atoms with Gasteiger partial charge in [-0.05, 0) is 18.2 Å². The molecule has 0 aliphatic rings. The Bertz CT molecular complexity index is 321. The summed E-state index contributed by atoms with van der Waals surface area (Å²) in [5, 5.41) is 0. The number of ether oxygens (including phenoxy) is 1. The maximum absolute atomic E-state index is 13.1. The fourth-order valence-electron chi connectivity index (χ4n) is 1.04. The molecule has 3 heteroatoms. The SMILES string of the molecule is CCC(=O)c1ccc(OC)c(F)c1. The lowest BCUT2D eigenvalue weighted by Crippen LogP contribution is -1.98. The number of hydrogen-bond acceptors (Lipinski definition) is 2. The smallest absolute Gasteiger partial charge is 0.165 e. The van der Waals surface area contributed by atoms with Crippen LogP contribution in [0.5, 0.6) is 5.75 Å². The van der Waals surface area contributed by atoms with Crippen molar-refractivity contribution in [1.29, 1.82) is 0 Å². The zero-order valence-electron chi connectivity index (χ0n) is 7.63. The lowest BCUT2D eigenvalue weighted by atomic mass is 10.1. The van der Waals surface area contributed by atoms with Gasteiger partial charge >= 0.3 is 0 Å². The second-order valence-corrected chi connectivity index (χ2v) is 2.63. The van der Waals surface area contributed by atoms with Gasteiger partial charge < -0.3 is 4.74 Å². The molecular formula is C10H11FO2. The molecule has 1 rings (SSSR count). The Morgan fingerprint density at radius 1 is 1.54 bits per heavy atom. The number of ketones is 1. The van der Waals surface area contributed by atoms with Crippen LogP contribution in [0.4, 0.5) is 4.39 Å². The van der Waals surface area contributed by atoms with E-state index in [9.17, 15) is 9.18 Å². The van der Waals surface area contributed by atoms with Crippen LogP contribution in [-0.2, 0) is 0 Å². The molecule has 0 spiro atoms. The van der Waals surface area contributed by atoms with Crippen LogP contribution in [0.1, 0.15) is 23.7 Å². The fourth-order valence-corrected chi connectivity index (χ4v) is 1.04. The van der Waals surface area contributed by atoms with Gasteiger partial charge in [-0.3, -0.25) is 4.79 Å². The normalized spacial score (nSPS) is 9.77. The van der Waals surface area contributed by atoms with Gasteiger partial charge in [0.1, 0.15) is 0 Å². The second-order valence-electron chi connectivity index (χ2n) is 2.63. The largest absolute Gasteiger partial charge is 0.494 e. The summed E-state index contributed by atoms with van der Waals surface area (Å²) in [5.41, 5.74) is 0.390. The van der Waals surface area contributed by atoms with Gasteiger partial charge in [0.25, 0.3) is 0 Å². The van der Waals surface area contributed by atoms with Crippen molar-refractivity contribution in [3.05, 3.63) is 29.6 Å². The molecule has 0 aliphatic heterocycles. The number of halogens is 1.